The van der Waals surface area contributed by atoms with Crippen LogP contribution in [-0.4, -0.2) is 40.4 Å². The van der Waals surface area contributed by atoms with Crippen molar-refractivity contribution in [2.24, 2.45) is 0 Å². The summed E-state index contributed by atoms with van der Waals surface area (Å²) < 4.78 is 4.57. The molecule has 0 bridgehead atoms. The van der Waals surface area contributed by atoms with Crippen LogP contribution in [0.25, 0.3) is 0 Å². The average Bonchev–Trinajstić information content (AvgIpc) is 2.25. The zero-order valence-corrected chi connectivity index (χ0v) is 9.72. The molecule has 0 fully saturated rings. The SMILES string of the molecule is C=CCOC(=O)N[C@@](CC=C)(CC(=O)O)C(=O)O. The van der Waals surface area contributed by atoms with Gasteiger partial charge in [0.25, 0.3) is 0 Å². The third-order valence-electron chi connectivity index (χ3n) is 2.03. The van der Waals surface area contributed by atoms with Crippen molar-refractivity contribution in [1.82, 2.24) is 5.32 Å². The fourth-order valence-corrected chi connectivity index (χ4v) is 1.25. The number of carbonyl (C=O) groups excluding carboxylic acids is 1. The molecule has 0 radical (unpaired) electrons. The molecule has 0 aromatic heterocycles. The number of ether oxygens (including phenoxy) is 1. The van der Waals surface area contributed by atoms with Gasteiger partial charge in [-0.1, -0.05) is 18.7 Å². The van der Waals surface area contributed by atoms with Gasteiger partial charge in [0.2, 0.25) is 0 Å². The maximum atomic E-state index is 11.3. The van der Waals surface area contributed by atoms with Crippen LogP contribution in [0.4, 0.5) is 4.79 Å². The second kappa shape index (κ2) is 7.10. The quantitative estimate of drug-likeness (QED) is 0.553. The van der Waals surface area contributed by atoms with Gasteiger partial charge in [-0.15, -0.1) is 6.58 Å². The predicted octanol–water partition coefficient (Wildman–Crippen LogP) is 0.773. The minimum atomic E-state index is -1.97. The second-order valence-electron chi connectivity index (χ2n) is 3.46. The number of alkyl carbamates (subject to hydrolysis) is 1. The molecule has 1 amide bonds. The number of carboxylic acid groups (broad SMARTS) is 2. The van der Waals surface area contributed by atoms with E-state index in [-0.39, 0.29) is 13.0 Å². The Hall–Kier alpha value is -2.31. The first-order valence-corrected chi connectivity index (χ1v) is 5.00. The Labute approximate surface area is 104 Å². The molecular weight excluding hydrogens is 242 g/mol. The van der Waals surface area contributed by atoms with Crippen molar-refractivity contribution in [3.8, 4) is 0 Å². The summed E-state index contributed by atoms with van der Waals surface area (Å²) in [6.45, 7) is 6.55. The van der Waals surface area contributed by atoms with E-state index in [1.807, 2.05) is 5.32 Å². The molecule has 0 aromatic carbocycles. The lowest BCUT2D eigenvalue weighted by atomic mass is 9.91. The lowest BCUT2D eigenvalue weighted by molar-refractivity contribution is -0.151. The molecule has 7 nitrogen and oxygen atoms in total. The van der Waals surface area contributed by atoms with Crippen LogP contribution in [0.3, 0.4) is 0 Å². The largest absolute Gasteiger partial charge is 0.481 e. The summed E-state index contributed by atoms with van der Waals surface area (Å²) in [6.07, 6.45) is 0.466. The highest BCUT2D eigenvalue weighted by Gasteiger charge is 2.41. The first-order chi connectivity index (χ1) is 8.38. The number of hydrogen-bond acceptors (Lipinski definition) is 4. The van der Waals surface area contributed by atoms with Crippen molar-refractivity contribution >= 4 is 18.0 Å². The van der Waals surface area contributed by atoms with E-state index >= 15 is 0 Å². The molecule has 1 atom stereocenters. The molecule has 100 valence electrons. The van der Waals surface area contributed by atoms with Crippen molar-refractivity contribution in [2.45, 2.75) is 18.4 Å². The van der Waals surface area contributed by atoms with E-state index in [9.17, 15) is 14.4 Å². The van der Waals surface area contributed by atoms with Gasteiger partial charge in [0.15, 0.2) is 5.54 Å². The molecule has 0 aliphatic rings. The number of amides is 1. The molecule has 0 spiro atoms. The Morgan fingerprint density at radius 2 is 1.83 bits per heavy atom. The van der Waals surface area contributed by atoms with Crippen LogP contribution in [0, 0.1) is 0 Å². The number of hydrogen-bond donors (Lipinski definition) is 3. The Kier molecular flexibility index (Phi) is 6.19. The summed E-state index contributed by atoms with van der Waals surface area (Å²) in [5, 5.41) is 19.8. The summed E-state index contributed by atoms with van der Waals surface area (Å²) in [4.78, 5) is 33.1. The summed E-state index contributed by atoms with van der Waals surface area (Å²) in [5.41, 5.74) is -1.97. The fraction of sp³-hybridized carbons (Fsp3) is 0.364. The summed E-state index contributed by atoms with van der Waals surface area (Å²) in [5.74, 6) is -2.83. The number of carboxylic acids is 2. The van der Waals surface area contributed by atoms with E-state index in [1.54, 1.807) is 0 Å². The molecule has 18 heavy (non-hydrogen) atoms. The zero-order valence-electron chi connectivity index (χ0n) is 9.72. The van der Waals surface area contributed by atoms with Crippen LogP contribution < -0.4 is 5.32 Å². The standard InChI is InChI=1S/C11H15NO6/c1-3-5-11(9(15)16,7-8(13)14)12-10(17)18-6-4-2/h3-4H,1-2,5-7H2,(H,12,17)(H,13,14)(H,15,16)/t11-/m0/s1. The molecular formula is C11H15NO6. The number of rotatable bonds is 8. The lowest BCUT2D eigenvalue weighted by Gasteiger charge is -2.27. The molecule has 3 N–H and O–H groups in total. The van der Waals surface area contributed by atoms with Gasteiger partial charge in [0, 0.05) is 0 Å². The van der Waals surface area contributed by atoms with E-state index in [0.717, 1.165) is 0 Å². The average molecular weight is 257 g/mol. The van der Waals surface area contributed by atoms with Crippen LogP contribution in [0.5, 0.6) is 0 Å². The maximum Gasteiger partial charge on any atom is 0.408 e. The second-order valence-corrected chi connectivity index (χ2v) is 3.46. The fourth-order valence-electron chi connectivity index (χ4n) is 1.25. The topological polar surface area (TPSA) is 113 Å². The molecule has 0 aliphatic carbocycles. The summed E-state index contributed by atoms with van der Waals surface area (Å²) >= 11 is 0. The van der Waals surface area contributed by atoms with E-state index in [1.165, 1.54) is 12.2 Å². The molecule has 0 aromatic rings. The van der Waals surface area contributed by atoms with E-state index in [2.05, 4.69) is 17.9 Å². The number of carbonyl (C=O) groups is 3. The third-order valence-corrected chi connectivity index (χ3v) is 2.03. The van der Waals surface area contributed by atoms with Crippen molar-refractivity contribution in [1.29, 1.82) is 0 Å². The van der Waals surface area contributed by atoms with Crippen LogP contribution in [0.1, 0.15) is 12.8 Å². The van der Waals surface area contributed by atoms with Crippen molar-refractivity contribution in [2.75, 3.05) is 6.61 Å². The first-order valence-electron chi connectivity index (χ1n) is 5.00. The van der Waals surface area contributed by atoms with Gasteiger partial charge in [-0.05, 0) is 6.42 Å². The Bertz CT molecular complexity index is 365. The van der Waals surface area contributed by atoms with Gasteiger partial charge < -0.3 is 20.3 Å². The number of nitrogens with one attached hydrogen (secondary N) is 1. The highest BCUT2D eigenvalue weighted by Crippen LogP contribution is 2.17. The molecule has 0 saturated carbocycles. The lowest BCUT2D eigenvalue weighted by Crippen LogP contribution is -2.55. The van der Waals surface area contributed by atoms with E-state index < -0.39 is 30.0 Å². The Morgan fingerprint density at radius 3 is 2.22 bits per heavy atom. The molecule has 0 heterocycles. The molecule has 7 heteroatoms. The van der Waals surface area contributed by atoms with Crippen LogP contribution in [0.2, 0.25) is 0 Å². The van der Waals surface area contributed by atoms with Crippen LogP contribution in [0.15, 0.2) is 25.3 Å². The summed E-state index contributed by atoms with van der Waals surface area (Å²) in [6, 6.07) is 0. The normalized spacial score (nSPS) is 12.9. The zero-order chi connectivity index (χ0) is 14.2. The Balaban J connectivity index is 4.98. The van der Waals surface area contributed by atoms with Crippen LogP contribution in [-0.2, 0) is 14.3 Å². The van der Waals surface area contributed by atoms with E-state index in [0.29, 0.717) is 0 Å². The molecule has 0 aliphatic heterocycles. The van der Waals surface area contributed by atoms with Crippen LogP contribution >= 0.6 is 0 Å². The van der Waals surface area contributed by atoms with Crippen molar-refractivity contribution in [3.05, 3.63) is 25.3 Å². The minimum absolute atomic E-state index is 0.108. The monoisotopic (exact) mass is 257 g/mol. The molecule has 0 rings (SSSR count). The van der Waals surface area contributed by atoms with Crippen molar-refractivity contribution in [3.63, 3.8) is 0 Å². The molecule has 0 unspecified atom stereocenters. The molecule has 0 saturated heterocycles. The van der Waals surface area contributed by atoms with Gasteiger partial charge >= 0.3 is 18.0 Å². The number of aliphatic carboxylic acids is 2. The highest BCUT2D eigenvalue weighted by atomic mass is 16.5. The van der Waals surface area contributed by atoms with E-state index in [4.69, 9.17) is 10.2 Å². The van der Waals surface area contributed by atoms with Gasteiger partial charge in [0.05, 0.1) is 6.42 Å². The highest BCUT2D eigenvalue weighted by molar-refractivity contribution is 5.89. The maximum absolute atomic E-state index is 11.3. The third kappa shape index (κ3) is 4.69. The van der Waals surface area contributed by atoms with Gasteiger partial charge in [-0.25, -0.2) is 9.59 Å². The predicted molar refractivity (Wildman–Crippen MR) is 62.1 cm³/mol. The first kappa shape index (κ1) is 15.7. The van der Waals surface area contributed by atoms with Gasteiger partial charge in [0.1, 0.15) is 6.61 Å². The van der Waals surface area contributed by atoms with Crippen molar-refractivity contribution < 1.29 is 29.3 Å². The minimum Gasteiger partial charge on any atom is -0.481 e. The Morgan fingerprint density at radius 1 is 1.22 bits per heavy atom. The van der Waals surface area contributed by atoms with Gasteiger partial charge in [-0.3, -0.25) is 4.79 Å². The smallest absolute Gasteiger partial charge is 0.408 e. The summed E-state index contributed by atoms with van der Waals surface area (Å²) in [7, 11) is 0. The van der Waals surface area contributed by atoms with Gasteiger partial charge in [-0.2, -0.15) is 0 Å².